The highest BCUT2D eigenvalue weighted by molar-refractivity contribution is 5.79. The molecular formula is C25H42N2O5. The fourth-order valence-electron chi connectivity index (χ4n) is 5.71. The van der Waals surface area contributed by atoms with Gasteiger partial charge in [-0.3, -0.25) is 14.6 Å². The maximum absolute atomic E-state index is 13.9. The molecule has 0 N–H and O–H groups in total. The van der Waals surface area contributed by atoms with Gasteiger partial charge in [-0.15, -0.1) is 0 Å². The van der Waals surface area contributed by atoms with E-state index in [1.165, 1.54) is 12.8 Å². The van der Waals surface area contributed by atoms with Crippen LogP contribution >= 0.6 is 0 Å². The molecule has 4 rings (SSSR count). The van der Waals surface area contributed by atoms with Crippen molar-refractivity contribution in [3.63, 3.8) is 0 Å². The molecule has 2 heterocycles. The molecule has 2 saturated carbocycles. The van der Waals surface area contributed by atoms with Gasteiger partial charge in [-0.25, -0.2) is 4.79 Å². The molecule has 7 nitrogen and oxygen atoms in total. The fraction of sp³-hybridized carbons (Fsp3) is 0.920. The zero-order valence-electron chi connectivity index (χ0n) is 20.5. The molecule has 0 radical (unpaired) electrons. The van der Waals surface area contributed by atoms with E-state index in [0.29, 0.717) is 12.0 Å². The summed E-state index contributed by atoms with van der Waals surface area (Å²) in [5, 5.41) is 0. The van der Waals surface area contributed by atoms with Crippen LogP contribution in [0.25, 0.3) is 0 Å². The van der Waals surface area contributed by atoms with E-state index in [0.717, 1.165) is 71.1 Å². The highest BCUT2D eigenvalue weighted by Crippen LogP contribution is 2.54. The molecular weight excluding hydrogens is 408 g/mol. The molecule has 1 atom stereocenters. The summed E-state index contributed by atoms with van der Waals surface area (Å²) in [6.45, 7) is 11.5. The monoisotopic (exact) mass is 450 g/mol. The molecule has 2 aliphatic carbocycles. The first-order valence-electron chi connectivity index (χ1n) is 12.8. The Morgan fingerprint density at radius 1 is 0.938 bits per heavy atom. The number of nitrogens with zero attached hydrogens (tertiary/aromatic N) is 2. The van der Waals surface area contributed by atoms with Crippen molar-refractivity contribution in [1.29, 1.82) is 0 Å². The van der Waals surface area contributed by atoms with E-state index in [-0.39, 0.29) is 24.0 Å². The quantitative estimate of drug-likeness (QED) is 0.548. The number of ether oxygens (including phenoxy) is 3. The van der Waals surface area contributed by atoms with Gasteiger partial charge in [0.2, 0.25) is 0 Å². The van der Waals surface area contributed by atoms with E-state index in [2.05, 4.69) is 9.80 Å². The first-order chi connectivity index (χ1) is 15.2. The highest BCUT2D eigenvalue weighted by atomic mass is 16.6. The molecule has 0 aromatic carbocycles. The van der Waals surface area contributed by atoms with Gasteiger partial charge in [-0.05, 0) is 90.9 Å². The van der Waals surface area contributed by atoms with Crippen LogP contribution in [-0.2, 0) is 23.8 Å². The lowest BCUT2D eigenvalue weighted by Gasteiger charge is -2.48. The van der Waals surface area contributed by atoms with E-state index in [1.54, 1.807) is 0 Å². The minimum atomic E-state index is -1.16. The van der Waals surface area contributed by atoms with Crippen molar-refractivity contribution in [1.82, 2.24) is 9.80 Å². The molecule has 1 unspecified atom stereocenters. The first kappa shape index (κ1) is 24.0. The molecule has 2 saturated heterocycles. The van der Waals surface area contributed by atoms with Crippen molar-refractivity contribution in [2.24, 2.45) is 11.3 Å². The van der Waals surface area contributed by atoms with Gasteiger partial charge in [-0.1, -0.05) is 0 Å². The molecule has 4 fully saturated rings. The lowest BCUT2D eigenvalue weighted by Crippen LogP contribution is -2.68. The van der Waals surface area contributed by atoms with Crippen molar-refractivity contribution >= 4 is 11.9 Å². The molecule has 0 aromatic heterocycles. The molecule has 182 valence electrons. The summed E-state index contributed by atoms with van der Waals surface area (Å²) in [5.74, 6) is -1.58. The topological polar surface area (TPSA) is 68.3 Å². The maximum atomic E-state index is 13.9. The smallest absolute Gasteiger partial charge is 0.371 e. The number of carbonyl (C=O) groups is 2. The molecule has 2 aliphatic heterocycles. The Hall–Kier alpha value is -1.18. The van der Waals surface area contributed by atoms with Crippen LogP contribution in [0.1, 0.15) is 85.5 Å². The number of rotatable bonds is 7. The minimum absolute atomic E-state index is 0.0565. The summed E-state index contributed by atoms with van der Waals surface area (Å²) in [6.07, 6.45) is 8.73. The molecule has 32 heavy (non-hydrogen) atoms. The zero-order chi connectivity index (χ0) is 23.0. The van der Waals surface area contributed by atoms with E-state index >= 15 is 0 Å². The average Bonchev–Trinajstić information content (AvgIpc) is 3.11. The Balaban J connectivity index is 1.56. The summed E-state index contributed by atoms with van der Waals surface area (Å²) in [7, 11) is 0. The number of hydrogen-bond donors (Lipinski definition) is 0. The van der Waals surface area contributed by atoms with E-state index in [4.69, 9.17) is 14.2 Å². The molecule has 4 aliphatic rings. The van der Waals surface area contributed by atoms with Gasteiger partial charge in [0.25, 0.3) is 5.85 Å². The van der Waals surface area contributed by atoms with Gasteiger partial charge < -0.3 is 14.2 Å². The molecule has 0 aromatic rings. The number of esters is 2. The summed E-state index contributed by atoms with van der Waals surface area (Å²) in [6, 6.07) is 0. The predicted octanol–water partition coefficient (Wildman–Crippen LogP) is 3.70. The number of carbonyl (C=O) groups excluding carboxylic acids is 2. The third-order valence-electron chi connectivity index (χ3n) is 7.65. The molecule has 0 amide bonds. The minimum Gasteiger partial charge on any atom is -0.466 e. The van der Waals surface area contributed by atoms with Gasteiger partial charge >= 0.3 is 11.9 Å². The summed E-state index contributed by atoms with van der Waals surface area (Å²) in [5.41, 5.74) is -0.206. The Labute approximate surface area is 193 Å². The normalized spacial score (nSPS) is 30.2. The summed E-state index contributed by atoms with van der Waals surface area (Å²) < 4.78 is 18.1. The van der Waals surface area contributed by atoms with E-state index in [9.17, 15) is 9.59 Å². The van der Waals surface area contributed by atoms with Crippen LogP contribution in [0.5, 0.6) is 0 Å². The van der Waals surface area contributed by atoms with Gasteiger partial charge in [-0.2, -0.15) is 0 Å². The fourth-order valence-corrected chi connectivity index (χ4v) is 5.71. The van der Waals surface area contributed by atoms with Crippen LogP contribution in [0.3, 0.4) is 0 Å². The Morgan fingerprint density at radius 2 is 1.59 bits per heavy atom. The van der Waals surface area contributed by atoms with Crippen LogP contribution in [0, 0.1) is 11.3 Å². The summed E-state index contributed by atoms with van der Waals surface area (Å²) >= 11 is 0. The van der Waals surface area contributed by atoms with Crippen molar-refractivity contribution < 1.29 is 23.8 Å². The average molecular weight is 451 g/mol. The lowest BCUT2D eigenvalue weighted by molar-refractivity contribution is -0.274. The van der Waals surface area contributed by atoms with E-state index < -0.39 is 11.4 Å². The SMILES string of the molecule is CCOC(=O)C1CCC(OC(C(=O)OC(C)(C)C)(N2CCCC2)N2CCC3(CC3)C2)CC1. The molecule has 7 heteroatoms. The Kier molecular flexibility index (Phi) is 6.91. The van der Waals surface area contributed by atoms with Crippen molar-refractivity contribution in [2.45, 2.75) is 103 Å². The number of hydrogen-bond acceptors (Lipinski definition) is 7. The third-order valence-corrected chi connectivity index (χ3v) is 7.65. The molecule has 1 spiro atoms. The van der Waals surface area contributed by atoms with Crippen LogP contribution in [0.2, 0.25) is 0 Å². The lowest BCUT2D eigenvalue weighted by atomic mass is 9.87. The maximum Gasteiger partial charge on any atom is 0.371 e. The van der Waals surface area contributed by atoms with Gasteiger partial charge in [0.05, 0.1) is 18.6 Å². The Bertz CT molecular complexity index is 687. The Morgan fingerprint density at radius 3 is 2.12 bits per heavy atom. The second kappa shape index (κ2) is 9.22. The van der Waals surface area contributed by atoms with Crippen molar-refractivity contribution in [2.75, 3.05) is 32.8 Å². The zero-order valence-corrected chi connectivity index (χ0v) is 20.5. The van der Waals surface area contributed by atoms with Crippen molar-refractivity contribution in [3.8, 4) is 0 Å². The number of likely N-dealkylation sites (tertiary alicyclic amines) is 2. The largest absolute Gasteiger partial charge is 0.466 e. The second-order valence-electron chi connectivity index (χ2n) is 11.3. The van der Waals surface area contributed by atoms with Gasteiger partial charge in [0.15, 0.2) is 0 Å². The third kappa shape index (κ3) is 5.00. The molecule has 0 bridgehead atoms. The van der Waals surface area contributed by atoms with Crippen LogP contribution in [-0.4, -0.2) is 72.1 Å². The van der Waals surface area contributed by atoms with Crippen LogP contribution in [0.4, 0.5) is 0 Å². The highest BCUT2D eigenvalue weighted by Gasteiger charge is 2.61. The van der Waals surface area contributed by atoms with Gasteiger partial charge in [0.1, 0.15) is 5.60 Å². The van der Waals surface area contributed by atoms with Gasteiger partial charge in [0, 0.05) is 26.2 Å². The van der Waals surface area contributed by atoms with Crippen molar-refractivity contribution in [3.05, 3.63) is 0 Å². The second-order valence-corrected chi connectivity index (χ2v) is 11.3. The first-order valence-corrected chi connectivity index (χ1v) is 12.8. The van der Waals surface area contributed by atoms with Crippen LogP contribution < -0.4 is 0 Å². The van der Waals surface area contributed by atoms with Crippen LogP contribution in [0.15, 0.2) is 0 Å². The predicted molar refractivity (Wildman–Crippen MR) is 121 cm³/mol. The van der Waals surface area contributed by atoms with E-state index in [1.807, 2.05) is 27.7 Å². The standard InChI is InChI=1S/C25H42N2O5/c1-5-30-21(28)19-8-10-20(11-9-19)31-25(26-15-6-7-16-26,22(29)32-23(2,3)4)27-17-14-24(18-27)12-13-24/h19-20H,5-18H2,1-4H3. The summed E-state index contributed by atoms with van der Waals surface area (Å²) in [4.78, 5) is 30.6.